The smallest absolute Gasteiger partial charge is 0.274 e. The Hall–Kier alpha value is -3.77. The van der Waals surface area contributed by atoms with Crippen LogP contribution in [0.3, 0.4) is 0 Å². The van der Waals surface area contributed by atoms with Crippen LogP contribution in [0.2, 0.25) is 0 Å². The molecule has 37 heavy (non-hydrogen) atoms. The number of hydrogen-bond acceptors (Lipinski definition) is 5. The lowest BCUT2D eigenvalue weighted by molar-refractivity contribution is 0.0702. The number of benzene rings is 2. The van der Waals surface area contributed by atoms with Crippen LogP contribution in [0, 0.1) is 28.9 Å². The molecule has 0 spiro atoms. The molecule has 1 unspecified atom stereocenters. The normalized spacial score (nSPS) is 18.6. The molecule has 1 aromatic heterocycles. The van der Waals surface area contributed by atoms with Gasteiger partial charge in [-0.1, -0.05) is 13.0 Å². The largest absolute Gasteiger partial charge is 0.371 e. The summed E-state index contributed by atoms with van der Waals surface area (Å²) in [4.78, 5) is 17.1. The molecular formula is C28H30F2N6O. The molecule has 3 aromatic rings. The maximum Gasteiger partial charge on any atom is 0.274 e. The Morgan fingerprint density at radius 2 is 1.84 bits per heavy atom. The number of carbonyl (C=O) groups is 1. The van der Waals surface area contributed by atoms with E-state index in [0.29, 0.717) is 30.3 Å². The zero-order valence-electron chi connectivity index (χ0n) is 20.8. The van der Waals surface area contributed by atoms with E-state index in [2.05, 4.69) is 16.9 Å². The first-order valence-corrected chi connectivity index (χ1v) is 12.7. The molecule has 0 saturated carbocycles. The van der Waals surface area contributed by atoms with Crippen LogP contribution in [0.5, 0.6) is 0 Å². The monoisotopic (exact) mass is 504 g/mol. The molecule has 2 fully saturated rings. The van der Waals surface area contributed by atoms with Crippen LogP contribution < -0.4 is 10.6 Å². The first kappa shape index (κ1) is 24.9. The van der Waals surface area contributed by atoms with E-state index in [1.165, 1.54) is 22.9 Å². The molecule has 2 aliphatic heterocycles. The average molecular weight is 505 g/mol. The Morgan fingerprint density at radius 1 is 1.05 bits per heavy atom. The van der Waals surface area contributed by atoms with Gasteiger partial charge in [0.05, 0.1) is 11.3 Å². The van der Waals surface area contributed by atoms with Gasteiger partial charge in [0.25, 0.3) is 5.91 Å². The summed E-state index contributed by atoms with van der Waals surface area (Å²) in [6.45, 7) is 4.95. The van der Waals surface area contributed by atoms with Gasteiger partial charge in [-0.25, -0.2) is 13.5 Å². The van der Waals surface area contributed by atoms with Crippen LogP contribution in [0.4, 0.5) is 14.5 Å². The van der Waals surface area contributed by atoms with Crippen molar-refractivity contribution in [1.29, 1.82) is 5.26 Å². The predicted octanol–water partition coefficient (Wildman–Crippen LogP) is 4.49. The molecule has 1 atom stereocenters. The molecule has 2 aromatic carbocycles. The number of nitrogens with zero attached hydrogens (tertiary/aromatic N) is 5. The molecule has 0 radical (unpaired) electrons. The molecule has 192 valence electrons. The number of nitrogens with two attached hydrogens (primary N) is 1. The SMILES string of the molecule is CC1CCN(c2ccc(-n3nc(C(=O)N4CCCC(N)C4)cc3-c3ccc(C#N)c(F)c3)c(F)c2)CC1. The molecule has 1 amide bonds. The number of aromatic nitrogens is 2. The van der Waals surface area contributed by atoms with Gasteiger partial charge in [-0.2, -0.15) is 10.4 Å². The average Bonchev–Trinajstić information content (AvgIpc) is 3.33. The van der Waals surface area contributed by atoms with E-state index in [4.69, 9.17) is 11.0 Å². The van der Waals surface area contributed by atoms with Gasteiger partial charge in [-0.15, -0.1) is 0 Å². The highest BCUT2D eigenvalue weighted by molar-refractivity contribution is 5.93. The highest BCUT2D eigenvalue weighted by Crippen LogP contribution is 2.30. The number of likely N-dealkylation sites (tertiary alicyclic amines) is 1. The predicted molar refractivity (Wildman–Crippen MR) is 137 cm³/mol. The van der Waals surface area contributed by atoms with Gasteiger partial charge < -0.3 is 15.5 Å². The maximum absolute atomic E-state index is 15.6. The summed E-state index contributed by atoms with van der Waals surface area (Å²) in [5.41, 5.74) is 7.78. The molecule has 2 saturated heterocycles. The lowest BCUT2D eigenvalue weighted by Gasteiger charge is -2.32. The summed E-state index contributed by atoms with van der Waals surface area (Å²) < 4.78 is 31.4. The second kappa shape index (κ2) is 10.3. The Balaban J connectivity index is 1.55. The zero-order chi connectivity index (χ0) is 26.1. The Labute approximate surface area is 215 Å². The van der Waals surface area contributed by atoms with Crippen molar-refractivity contribution in [3.05, 3.63) is 65.4 Å². The van der Waals surface area contributed by atoms with Crippen molar-refractivity contribution in [3.63, 3.8) is 0 Å². The number of hydrogen-bond donors (Lipinski definition) is 1. The van der Waals surface area contributed by atoms with Crippen molar-refractivity contribution in [2.24, 2.45) is 11.7 Å². The molecule has 9 heteroatoms. The van der Waals surface area contributed by atoms with Crippen LogP contribution >= 0.6 is 0 Å². The van der Waals surface area contributed by atoms with Gasteiger partial charge in [0.1, 0.15) is 17.6 Å². The number of amides is 1. The van der Waals surface area contributed by atoms with E-state index in [9.17, 15) is 9.18 Å². The number of rotatable bonds is 4. The first-order valence-electron chi connectivity index (χ1n) is 12.7. The van der Waals surface area contributed by atoms with E-state index in [-0.39, 0.29) is 28.9 Å². The van der Waals surface area contributed by atoms with Crippen molar-refractivity contribution in [2.75, 3.05) is 31.1 Å². The number of halogens is 2. The number of piperidine rings is 2. The fraction of sp³-hybridized carbons (Fsp3) is 0.393. The van der Waals surface area contributed by atoms with Gasteiger partial charge in [0, 0.05) is 43.5 Å². The lowest BCUT2D eigenvalue weighted by Crippen LogP contribution is -2.45. The van der Waals surface area contributed by atoms with Crippen molar-refractivity contribution >= 4 is 11.6 Å². The van der Waals surface area contributed by atoms with Crippen LogP contribution in [0.25, 0.3) is 16.9 Å². The van der Waals surface area contributed by atoms with E-state index >= 15 is 4.39 Å². The third-order valence-corrected chi connectivity index (χ3v) is 7.37. The van der Waals surface area contributed by atoms with Crippen molar-refractivity contribution in [2.45, 2.75) is 38.6 Å². The summed E-state index contributed by atoms with van der Waals surface area (Å²) >= 11 is 0. The molecule has 7 nitrogen and oxygen atoms in total. The standard InChI is InChI=1S/C28H30F2N6O/c1-18-8-11-34(12-9-18)22-6-7-26(24(30)14-22)36-27(19-4-5-20(16-31)23(29)13-19)15-25(33-36)28(37)35-10-2-3-21(32)17-35/h4-7,13-15,18,21H,2-3,8-12,17,32H2,1H3. The Kier molecular flexibility index (Phi) is 6.94. The molecule has 3 heterocycles. The molecule has 2 aliphatic rings. The molecule has 5 rings (SSSR count). The quantitative estimate of drug-likeness (QED) is 0.565. The highest BCUT2D eigenvalue weighted by atomic mass is 19.1. The molecule has 2 N–H and O–H groups in total. The van der Waals surface area contributed by atoms with E-state index < -0.39 is 11.6 Å². The van der Waals surface area contributed by atoms with Gasteiger partial charge in [-0.3, -0.25) is 4.79 Å². The van der Waals surface area contributed by atoms with E-state index in [1.807, 2.05) is 6.07 Å². The molecule has 0 aliphatic carbocycles. The summed E-state index contributed by atoms with van der Waals surface area (Å²) in [5.74, 6) is -0.833. The van der Waals surface area contributed by atoms with E-state index in [1.54, 1.807) is 29.2 Å². The van der Waals surface area contributed by atoms with E-state index in [0.717, 1.165) is 44.5 Å². The second-order valence-corrected chi connectivity index (χ2v) is 10.1. The highest BCUT2D eigenvalue weighted by Gasteiger charge is 2.27. The summed E-state index contributed by atoms with van der Waals surface area (Å²) in [5, 5.41) is 13.6. The fourth-order valence-corrected chi connectivity index (χ4v) is 5.13. The number of nitriles is 1. The van der Waals surface area contributed by atoms with Crippen LogP contribution in [-0.4, -0.2) is 52.8 Å². The summed E-state index contributed by atoms with van der Waals surface area (Å²) in [7, 11) is 0. The van der Waals surface area contributed by atoms with Crippen molar-refractivity contribution in [3.8, 4) is 23.0 Å². The van der Waals surface area contributed by atoms with Crippen molar-refractivity contribution in [1.82, 2.24) is 14.7 Å². The topological polar surface area (TPSA) is 91.2 Å². The maximum atomic E-state index is 15.6. The second-order valence-electron chi connectivity index (χ2n) is 10.1. The van der Waals surface area contributed by atoms with Crippen LogP contribution in [-0.2, 0) is 0 Å². The Morgan fingerprint density at radius 3 is 2.51 bits per heavy atom. The third-order valence-electron chi connectivity index (χ3n) is 7.37. The van der Waals surface area contributed by atoms with Gasteiger partial charge in [0.15, 0.2) is 11.5 Å². The van der Waals surface area contributed by atoms with Gasteiger partial charge >= 0.3 is 0 Å². The summed E-state index contributed by atoms with van der Waals surface area (Å²) in [6.07, 6.45) is 3.76. The molecular weight excluding hydrogens is 474 g/mol. The first-order chi connectivity index (χ1) is 17.8. The fourth-order valence-electron chi connectivity index (χ4n) is 5.13. The minimum Gasteiger partial charge on any atom is -0.371 e. The minimum atomic E-state index is -0.697. The van der Waals surface area contributed by atoms with Crippen LogP contribution in [0.15, 0.2) is 42.5 Å². The Bertz CT molecular complexity index is 1360. The minimum absolute atomic E-state index is 0.0974. The van der Waals surface area contributed by atoms with Gasteiger partial charge in [-0.05, 0) is 68.0 Å². The number of carbonyl (C=O) groups excluding carboxylic acids is 1. The van der Waals surface area contributed by atoms with Gasteiger partial charge in [0.2, 0.25) is 0 Å². The molecule has 0 bridgehead atoms. The lowest BCUT2D eigenvalue weighted by atomic mass is 9.99. The summed E-state index contributed by atoms with van der Waals surface area (Å²) in [6, 6.07) is 12.4. The van der Waals surface area contributed by atoms with Crippen LogP contribution in [0.1, 0.15) is 48.7 Å². The van der Waals surface area contributed by atoms with Crippen molar-refractivity contribution < 1.29 is 13.6 Å². The number of anilines is 1. The zero-order valence-corrected chi connectivity index (χ0v) is 20.8. The third kappa shape index (κ3) is 5.07.